The Labute approximate surface area is 90.3 Å². The first-order valence-electron chi connectivity index (χ1n) is 5.28. The fourth-order valence-corrected chi connectivity index (χ4v) is 1.84. The zero-order chi connectivity index (χ0) is 10.8. The summed E-state index contributed by atoms with van der Waals surface area (Å²) in [7, 11) is 0. The highest BCUT2D eigenvalue weighted by molar-refractivity contribution is 5.95. The van der Waals surface area contributed by atoms with Gasteiger partial charge in [-0.3, -0.25) is 4.98 Å². The van der Waals surface area contributed by atoms with E-state index in [4.69, 9.17) is 0 Å². The third-order valence-corrected chi connectivity index (χ3v) is 2.42. The summed E-state index contributed by atoms with van der Waals surface area (Å²) in [5.74, 6) is 0. The topological polar surface area (TPSA) is 24.9 Å². The molecule has 78 valence electrons. The van der Waals surface area contributed by atoms with Gasteiger partial charge in [-0.05, 0) is 32.4 Å². The van der Waals surface area contributed by atoms with Crippen molar-refractivity contribution in [3.63, 3.8) is 0 Å². The van der Waals surface area contributed by atoms with Gasteiger partial charge in [-0.1, -0.05) is 12.1 Å². The number of hydrogen-bond donors (Lipinski definition) is 1. The molecule has 2 rings (SSSR count). The summed E-state index contributed by atoms with van der Waals surface area (Å²) < 4.78 is 0. The van der Waals surface area contributed by atoms with Crippen molar-refractivity contribution in [2.45, 2.75) is 26.8 Å². The summed E-state index contributed by atoms with van der Waals surface area (Å²) in [4.78, 5) is 4.20. The number of fused-ring (bicyclic) bond motifs is 1. The van der Waals surface area contributed by atoms with Crippen molar-refractivity contribution in [3.05, 3.63) is 36.2 Å². The normalized spacial score (nSPS) is 10.9. The molecular formula is C13H16N2. The van der Waals surface area contributed by atoms with Gasteiger partial charge in [0.15, 0.2) is 0 Å². The number of nitrogens with one attached hydrogen (secondary N) is 1. The first-order valence-corrected chi connectivity index (χ1v) is 5.28. The van der Waals surface area contributed by atoms with E-state index >= 15 is 0 Å². The third-order valence-electron chi connectivity index (χ3n) is 2.42. The standard InChI is InChI=1S/C13H16N2/c1-9(2)15-12-6-4-5-11-8-14-7-10(3)13(11)12/h4-9,15H,1-3H3. The molecule has 0 bridgehead atoms. The lowest BCUT2D eigenvalue weighted by molar-refractivity contribution is 0.901. The van der Waals surface area contributed by atoms with E-state index in [1.54, 1.807) is 0 Å². The Morgan fingerprint density at radius 2 is 2.00 bits per heavy atom. The van der Waals surface area contributed by atoms with Crippen LogP contribution in [0, 0.1) is 6.92 Å². The Hall–Kier alpha value is -1.57. The van der Waals surface area contributed by atoms with E-state index < -0.39 is 0 Å². The van der Waals surface area contributed by atoms with Gasteiger partial charge in [0.05, 0.1) is 0 Å². The van der Waals surface area contributed by atoms with Crippen molar-refractivity contribution in [2.75, 3.05) is 5.32 Å². The number of anilines is 1. The predicted octanol–water partition coefficient (Wildman–Crippen LogP) is 3.36. The minimum Gasteiger partial charge on any atom is -0.382 e. The second-order valence-corrected chi connectivity index (χ2v) is 4.16. The zero-order valence-electron chi connectivity index (χ0n) is 9.41. The van der Waals surface area contributed by atoms with Crippen LogP contribution in [0.25, 0.3) is 10.8 Å². The molecule has 0 unspecified atom stereocenters. The molecule has 0 amide bonds. The van der Waals surface area contributed by atoms with Gasteiger partial charge in [-0.2, -0.15) is 0 Å². The molecule has 1 aromatic heterocycles. The van der Waals surface area contributed by atoms with Crippen LogP contribution >= 0.6 is 0 Å². The maximum absolute atomic E-state index is 4.20. The first-order chi connectivity index (χ1) is 7.18. The van der Waals surface area contributed by atoms with Crippen LogP contribution in [-0.2, 0) is 0 Å². The predicted molar refractivity (Wildman–Crippen MR) is 65.2 cm³/mol. The Morgan fingerprint density at radius 3 is 2.73 bits per heavy atom. The van der Waals surface area contributed by atoms with E-state index in [0.29, 0.717) is 6.04 Å². The third kappa shape index (κ3) is 1.94. The average molecular weight is 200 g/mol. The number of hydrogen-bond acceptors (Lipinski definition) is 2. The van der Waals surface area contributed by atoms with E-state index in [0.717, 1.165) is 0 Å². The molecule has 0 aliphatic carbocycles. The molecule has 0 aliphatic heterocycles. The number of rotatable bonds is 2. The molecule has 0 saturated carbocycles. The van der Waals surface area contributed by atoms with Crippen molar-refractivity contribution in [3.8, 4) is 0 Å². The molecule has 0 atom stereocenters. The molecule has 2 aromatic rings. The number of aromatic nitrogens is 1. The van der Waals surface area contributed by atoms with Crippen molar-refractivity contribution >= 4 is 16.5 Å². The Morgan fingerprint density at radius 1 is 1.20 bits per heavy atom. The summed E-state index contributed by atoms with van der Waals surface area (Å²) in [6.07, 6.45) is 3.82. The van der Waals surface area contributed by atoms with Gasteiger partial charge >= 0.3 is 0 Å². The van der Waals surface area contributed by atoms with Crippen molar-refractivity contribution in [1.29, 1.82) is 0 Å². The molecule has 0 radical (unpaired) electrons. The minimum atomic E-state index is 0.447. The molecule has 1 heterocycles. The molecule has 2 nitrogen and oxygen atoms in total. The average Bonchev–Trinajstić information content (AvgIpc) is 2.17. The van der Waals surface area contributed by atoms with Crippen LogP contribution < -0.4 is 5.32 Å². The highest BCUT2D eigenvalue weighted by Gasteiger charge is 2.04. The van der Waals surface area contributed by atoms with Crippen LogP contribution in [0.3, 0.4) is 0 Å². The smallest absolute Gasteiger partial charge is 0.0425 e. The number of aryl methyl sites for hydroxylation is 1. The molecule has 0 aliphatic rings. The molecule has 0 saturated heterocycles. The summed E-state index contributed by atoms with van der Waals surface area (Å²) in [5.41, 5.74) is 2.42. The molecule has 2 heteroatoms. The summed E-state index contributed by atoms with van der Waals surface area (Å²) in [6.45, 7) is 6.39. The van der Waals surface area contributed by atoms with Gasteiger partial charge in [0.25, 0.3) is 0 Å². The summed E-state index contributed by atoms with van der Waals surface area (Å²) in [5, 5.41) is 5.93. The molecule has 1 N–H and O–H groups in total. The number of pyridine rings is 1. The van der Waals surface area contributed by atoms with Crippen molar-refractivity contribution in [1.82, 2.24) is 4.98 Å². The molecule has 1 aromatic carbocycles. The number of benzene rings is 1. The highest BCUT2D eigenvalue weighted by Crippen LogP contribution is 2.26. The zero-order valence-corrected chi connectivity index (χ0v) is 9.41. The van der Waals surface area contributed by atoms with Crippen LogP contribution in [0.2, 0.25) is 0 Å². The van der Waals surface area contributed by atoms with Gasteiger partial charge < -0.3 is 5.32 Å². The molecule has 15 heavy (non-hydrogen) atoms. The summed E-state index contributed by atoms with van der Waals surface area (Å²) in [6, 6.07) is 6.73. The Kier molecular flexibility index (Phi) is 2.58. The molecule has 0 spiro atoms. The van der Waals surface area contributed by atoms with Gasteiger partial charge in [0.2, 0.25) is 0 Å². The lowest BCUT2D eigenvalue weighted by atomic mass is 10.1. The van der Waals surface area contributed by atoms with E-state index in [1.807, 2.05) is 12.4 Å². The minimum absolute atomic E-state index is 0.447. The fraction of sp³-hybridized carbons (Fsp3) is 0.308. The largest absolute Gasteiger partial charge is 0.382 e. The maximum Gasteiger partial charge on any atom is 0.0425 e. The number of nitrogens with zero attached hydrogens (tertiary/aromatic N) is 1. The lowest BCUT2D eigenvalue weighted by Crippen LogP contribution is -2.10. The van der Waals surface area contributed by atoms with Crippen molar-refractivity contribution < 1.29 is 0 Å². The van der Waals surface area contributed by atoms with E-state index in [-0.39, 0.29) is 0 Å². The quantitative estimate of drug-likeness (QED) is 0.804. The fourth-order valence-electron chi connectivity index (χ4n) is 1.84. The van der Waals surface area contributed by atoms with Crippen LogP contribution in [0.15, 0.2) is 30.6 Å². The Balaban J connectivity index is 2.63. The van der Waals surface area contributed by atoms with Crippen LogP contribution in [-0.4, -0.2) is 11.0 Å². The highest BCUT2D eigenvalue weighted by atomic mass is 14.9. The van der Waals surface area contributed by atoms with E-state index in [1.165, 1.54) is 22.0 Å². The van der Waals surface area contributed by atoms with Gasteiger partial charge in [0.1, 0.15) is 0 Å². The van der Waals surface area contributed by atoms with Gasteiger partial charge in [-0.15, -0.1) is 0 Å². The van der Waals surface area contributed by atoms with Crippen molar-refractivity contribution in [2.24, 2.45) is 0 Å². The Bertz CT molecular complexity index is 470. The van der Waals surface area contributed by atoms with Gasteiger partial charge in [-0.25, -0.2) is 0 Å². The second kappa shape index (κ2) is 3.89. The van der Waals surface area contributed by atoms with Crippen LogP contribution in [0.4, 0.5) is 5.69 Å². The van der Waals surface area contributed by atoms with E-state index in [2.05, 4.69) is 49.3 Å². The lowest BCUT2D eigenvalue weighted by Gasteiger charge is -2.13. The first kappa shape index (κ1) is 9.97. The SMILES string of the molecule is Cc1cncc2cccc(NC(C)C)c12. The maximum atomic E-state index is 4.20. The van der Waals surface area contributed by atoms with Crippen LogP contribution in [0.1, 0.15) is 19.4 Å². The van der Waals surface area contributed by atoms with Gasteiger partial charge in [0, 0.05) is 34.9 Å². The second-order valence-electron chi connectivity index (χ2n) is 4.16. The summed E-state index contributed by atoms with van der Waals surface area (Å²) >= 11 is 0. The molecular weight excluding hydrogens is 184 g/mol. The molecule has 0 fully saturated rings. The van der Waals surface area contributed by atoms with Crippen LogP contribution in [0.5, 0.6) is 0 Å². The van der Waals surface area contributed by atoms with E-state index in [9.17, 15) is 0 Å². The monoisotopic (exact) mass is 200 g/mol.